The summed E-state index contributed by atoms with van der Waals surface area (Å²) in [6, 6.07) is 0. The van der Waals surface area contributed by atoms with Crippen molar-refractivity contribution in [1.82, 2.24) is 0 Å². The molecule has 12 atom stereocenters. The Bertz CT molecular complexity index is 1080. The number of cyclic esters (lactones) is 1. The lowest BCUT2D eigenvalue weighted by atomic mass is 9.76. The Morgan fingerprint density at radius 2 is 1.67 bits per heavy atom. The van der Waals surface area contributed by atoms with Crippen molar-refractivity contribution in [3.8, 4) is 0 Å². The molecular weight excluding hydrogens is 576 g/mol. The molecule has 1 saturated heterocycles. The van der Waals surface area contributed by atoms with Crippen LogP contribution in [-0.4, -0.2) is 85.0 Å². The maximum atomic E-state index is 13.5. The van der Waals surface area contributed by atoms with E-state index in [0.29, 0.717) is 6.42 Å². The highest BCUT2D eigenvalue weighted by atomic mass is 16.6. The molecule has 2 heterocycles. The Morgan fingerprint density at radius 1 is 1.02 bits per heavy atom. The highest BCUT2D eigenvalue weighted by Crippen LogP contribution is 2.42. The van der Waals surface area contributed by atoms with E-state index in [1.54, 1.807) is 33.1 Å². The fourth-order valence-corrected chi connectivity index (χ4v) is 6.82. The maximum Gasteiger partial charge on any atom is 0.373 e. The van der Waals surface area contributed by atoms with E-state index in [0.717, 1.165) is 11.1 Å². The molecule has 9 nitrogen and oxygen atoms in total. The van der Waals surface area contributed by atoms with E-state index in [4.69, 9.17) is 23.7 Å². The van der Waals surface area contributed by atoms with E-state index in [1.807, 2.05) is 66.7 Å². The third-order valence-corrected chi connectivity index (χ3v) is 9.77. The molecular formula is C36H60O9. The maximum absolute atomic E-state index is 13.5. The van der Waals surface area contributed by atoms with Crippen LogP contribution in [0.5, 0.6) is 0 Å². The number of methoxy groups -OCH3 is 3. The number of esters is 1. The van der Waals surface area contributed by atoms with Gasteiger partial charge in [-0.15, -0.1) is 0 Å². The molecule has 0 spiro atoms. The Labute approximate surface area is 271 Å². The second-order valence-electron chi connectivity index (χ2n) is 13.8. The van der Waals surface area contributed by atoms with Crippen LogP contribution in [0.3, 0.4) is 0 Å². The fourth-order valence-electron chi connectivity index (χ4n) is 6.82. The predicted molar refractivity (Wildman–Crippen MR) is 175 cm³/mol. The molecule has 2 aliphatic rings. The SMILES string of the molecule is COC1=CC(C)=C[C@@H](C)[C@@H](O)[C@@H](C)CC(C)=CC=C[C@H](OC)[C@@H]([C@@H](C)[C@@H](O)[C@H](C)[C@@]2(O)C[C@@H](OC)[C@H](C)[C@@H](C(C)C)O2)OC1=O. The molecule has 1 fully saturated rings. The minimum Gasteiger partial charge on any atom is -0.490 e. The van der Waals surface area contributed by atoms with Gasteiger partial charge in [-0.25, -0.2) is 4.79 Å². The van der Waals surface area contributed by atoms with E-state index in [1.165, 1.54) is 14.2 Å². The number of aliphatic hydroxyl groups is 3. The monoisotopic (exact) mass is 636 g/mol. The molecule has 45 heavy (non-hydrogen) atoms. The van der Waals surface area contributed by atoms with Gasteiger partial charge in [0.15, 0.2) is 5.79 Å². The van der Waals surface area contributed by atoms with Crippen LogP contribution in [0.15, 0.2) is 47.3 Å². The summed E-state index contributed by atoms with van der Waals surface area (Å²) in [5.74, 6) is -3.87. The molecule has 9 heteroatoms. The quantitative estimate of drug-likeness (QED) is 0.303. The number of rotatable bonds is 8. The topological polar surface area (TPSA) is 124 Å². The Morgan fingerprint density at radius 3 is 2.22 bits per heavy atom. The number of hydrogen-bond acceptors (Lipinski definition) is 9. The average molecular weight is 637 g/mol. The third-order valence-electron chi connectivity index (χ3n) is 9.77. The van der Waals surface area contributed by atoms with Crippen LogP contribution in [0.2, 0.25) is 0 Å². The van der Waals surface area contributed by atoms with Gasteiger partial charge in [-0.2, -0.15) is 0 Å². The number of hydrogen-bond donors (Lipinski definition) is 3. The van der Waals surface area contributed by atoms with E-state index in [2.05, 4.69) is 0 Å². The lowest BCUT2D eigenvalue weighted by Gasteiger charge is -2.50. The first-order chi connectivity index (χ1) is 21.0. The van der Waals surface area contributed by atoms with Gasteiger partial charge in [0.1, 0.15) is 12.2 Å². The summed E-state index contributed by atoms with van der Waals surface area (Å²) >= 11 is 0. The molecule has 0 bridgehead atoms. The lowest BCUT2D eigenvalue weighted by molar-refractivity contribution is -0.330. The van der Waals surface area contributed by atoms with Crippen LogP contribution in [0.1, 0.15) is 75.2 Å². The largest absolute Gasteiger partial charge is 0.490 e. The summed E-state index contributed by atoms with van der Waals surface area (Å²) in [7, 11) is 4.53. The van der Waals surface area contributed by atoms with Gasteiger partial charge in [-0.05, 0) is 38.2 Å². The molecule has 0 unspecified atom stereocenters. The molecule has 2 rings (SSSR count). The minimum absolute atomic E-state index is 0.00358. The van der Waals surface area contributed by atoms with Gasteiger partial charge in [0.2, 0.25) is 5.76 Å². The van der Waals surface area contributed by atoms with Gasteiger partial charge in [0.25, 0.3) is 0 Å². The van der Waals surface area contributed by atoms with Crippen LogP contribution in [0, 0.1) is 35.5 Å². The molecule has 0 aromatic heterocycles. The molecule has 0 radical (unpaired) electrons. The first kappa shape index (κ1) is 39.2. The number of carbonyl (C=O) groups excluding carboxylic acids is 1. The van der Waals surface area contributed by atoms with Gasteiger partial charge < -0.3 is 39.0 Å². The Hall–Kier alpha value is -2.01. The first-order valence-electron chi connectivity index (χ1n) is 16.3. The van der Waals surface area contributed by atoms with Crippen LogP contribution >= 0.6 is 0 Å². The van der Waals surface area contributed by atoms with Crippen molar-refractivity contribution in [2.45, 2.75) is 118 Å². The van der Waals surface area contributed by atoms with Crippen molar-refractivity contribution in [3.63, 3.8) is 0 Å². The van der Waals surface area contributed by atoms with Gasteiger partial charge >= 0.3 is 5.97 Å². The summed E-state index contributed by atoms with van der Waals surface area (Å²) in [5, 5.41) is 34.6. The molecule has 0 aliphatic carbocycles. The zero-order valence-corrected chi connectivity index (χ0v) is 29.5. The minimum atomic E-state index is -1.67. The average Bonchev–Trinajstić information content (AvgIpc) is 2.99. The van der Waals surface area contributed by atoms with Gasteiger partial charge in [0, 0.05) is 44.3 Å². The van der Waals surface area contributed by atoms with Gasteiger partial charge in [0.05, 0.1) is 31.5 Å². The van der Waals surface area contributed by atoms with Crippen molar-refractivity contribution in [2.75, 3.05) is 21.3 Å². The smallest absolute Gasteiger partial charge is 0.373 e. The van der Waals surface area contributed by atoms with Crippen molar-refractivity contribution in [3.05, 3.63) is 47.3 Å². The number of aliphatic hydroxyl groups excluding tert-OH is 2. The number of ether oxygens (including phenoxy) is 5. The summed E-state index contributed by atoms with van der Waals surface area (Å²) in [5.41, 5.74) is 1.81. The second-order valence-corrected chi connectivity index (χ2v) is 13.8. The molecule has 0 saturated carbocycles. The zero-order valence-electron chi connectivity index (χ0n) is 29.5. The Balaban J connectivity index is 2.53. The summed E-state index contributed by atoms with van der Waals surface area (Å²) in [6.45, 7) is 17.4. The number of allylic oxidation sites excluding steroid dienone is 5. The predicted octanol–water partition coefficient (Wildman–Crippen LogP) is 5.35. The summed E-state index contributed by atoms with van der Waals surface area (Å²) in [4.78, 5) is 13.5. The van der Waals surface area contributed by atoms with E-state index in [9.17, 15) is 20.1 Å². The summed E-state index contributed by atoms with van der Waals surface area (Å²) < 4.78 is 29.4. The standard InChI is InChI=1S/C36H60O9/c1-20(2)33-25(7)30(43-12)19-36(40,45-33)27(9)32(38)26(8)34-28(41-10)15-13-14-21(3)16-23(5)31(37)24(6)17-22(4)18-29(42-11)35(39)44-34/h13-15,17-18,20,23-28,30-34,37-38,40H,16,19H2,1-12H3/t23-,24+,25-,26-,27-,28-,30+,31-,32+,33+,34+,36+/m0/s1. The van der Waals surface area contributed by atoms with Crippen molar-refractivity contribution in [1.29, 1.82) is 0 Å². The van der Waals surface area contributed by atoms with Crippen molar-refractivity contribution < 1.29 is 43.8 Å². The highest BCUT2D eigenvalue weighted by Gasteiger charge is 2.52. The Kier molecular flexibility index (Phi) is 15.0. The highest BCUT2D eigenvalue weighted by molar-refractivity contribution is 5.87. The van der Waals surface area contributed by atoms with Gasteiger partial charge in [-0.1, -0.05) is 83.9 Å². The first-order valence-corrected chi connectivity index (χ1v) is 16.3. The normalized spacial score (nSPS) is 36.4. The van der Waals surface area contributed by atoms with E-state index in [-0.39, 0.29) is 48.1 Å². The van der Waals surface area contributed by atoms with Crippen LogP contribution < -0.4 is 0 Å². The number of carbonyl (C=O) groups is 1. The van der Waals surface area contributed by atoms with Crippen LogP contribution in [-0.2, 0) is 28.5 Å². The van der Waals surface area contributed by atoms with E-state index < -0.39 is 48.0 Å². The molecule has 258 valence electrons. The second kappa shape index (κ2) is 17.2. The van der Waals surface area contributed by atoms with Crippen molar-refractivity contribution in [2.24, 2.45) is 35.5 Å². The molecule has 0 aromatic carbocycles. The summed E-state index contributed by atoms with van der Waals surface area (Å²) in [6.07, 6.45) is 6.00. The lowest BCUT2D eigenvalue weighted by Crippen LogP contribution is -2.59. The fraction of sp³-hybridized carbons (Fsp3) is 0.750. The molecule has 0 amide bonds. The van der Waals surface area contributed by atoms with Crippen LogP contribution in [0.4, 0.5) is 0 Å². The van der Waals surface area contributed by atoms with E-state index >= 15 is 0 Å². The zero-order chi connectivity index (χ0) is 34.2. The molecule has 3 N–H and O–H groups in total. The molecule has 0 aromatic rings. The molecule has 2 aliphatic heterocycles. The third kappa shape index (κ3) is 9.99. The van der Waals surface area contributed by atoms with Crippen molar-refractivity contribution >= 4 is 5.97 Å². The van der Waals surface area contributed by atoms with Gasteiger partial charge in [-0.3, -0.25) is 0 Å². The van der Waals surface area contributed by atoms with Crippen LogP contribution in [0.25, 0.3) is 0 Å².